The van der Waals surface area contributed by atoms with Crippen molar-refractivity contribution in [2.75, 3.05) is 7.05 Å². The van der Waals surface area contributed by atoms with Crippen molar-refractivity contribution in [1.82, 2.24) is 10.6 Å². The molecule has 0 aliphatic heterocycles. The third-order valence-corrected chi connectivity index (χ3v) is 5.58. The quantitative estimate of drug-likeness (QED) is 0.663. The van der Waals surface area contributed by atoms with Gasteiger partial charge in [0.25, 0.3) is 5.91 Å². The molecular weight excluding hydrogens is 300 g/mol. The summed E-state index contributed by atoms with van der Waals surface area (Å²) in [5, 5.41) is 15.0. The van der Waals surface area contributed by atoms with Crippen LogP contribution in [0.15, 0.2) is 0 Å². The van der Waals surface area contributed by atoms with E-state index in [1.54, 1.807) is 0 Å². The van der Waals surface area contributed by atoms with Crippen molar-refractivity contribution in [2.45, 2.75) is 57.2 Å². The number of hydrogen-bond donors (Lipinski definition) is 3. The van der Waals surface area contributed by atoms with Gasteiger partial charge in [-0.25, -0.2) is 4.79 Å². The first-order valence-electron chi connectivity index (χ1n) is 8.21. The van der Waals surface area contributed by atoms with E-state index < -0.39 is 35.0 Å². The molecule has 0 aromatic carbocycles. The molecule has 3 amide bonds. The summed E-state index contributed by atoms with van der Waals surface area (Å²) in [5.74, 6) is -0.335. The fourth-order valence-electron chi connectivity index (χ4n) is 5.07. The number of hydrogen-bond acceptors (Lipinski definition) is 5. The second-order valence-electron chi connectivity index (χ2n) is 7.58. The Morgan fingerprint density at radius 2 is 1.78 bits per heavy atom. The van der Waals surface area contributed by atoms with E-state index in [2.05, 4.69) is 10.6 Å². The normalized spacial score (nSPS) is 38.7. The smallest absolute Gasteiger partial charge is 0.321 e. The van der Waals surface area contributed by atoms with Gasteiger partial charge in [-0.05, 0) is 57.3 Å². The number of imide groups is 1. The fraction of sp³-hybridized carbons (Fsp3) is 0.812. The molecule has 7 heteroatoms. The minimum atomic E-state index is -1.04. The lowest BCUT2D eigenvalue weighted by Gasteiger charge is -2.58. The number of nitrogens with one attached hydrogen (secondary N) is 2. The first-order valence-corrected chi connectivity index (χ1v) is 8.21. The molecule has 4 aliphatic rings. The van der Waals surface area contributed by atoms with E-state index in [1.165, 1.54) is 14.0 Å². The van der Waals surface area contributed by atoms with Gasteiger partial charge in [-0.2, -0.15) is 0 Å². The van der Waals surface area contributed by atoms with Gasteiger partial charge in [0, 0.05) is 7.05 Å². The number of esters is 1. The molecule has 0 radical (unpaired) electrons. The molecular formula is C16H24N2O5. The standard InChI is InChI=1S/C16H24N2O5/c1-9(12(19)18-14(21)17-2)23-13(20)15-4-10-3-11(5-15)7-16(22,6-10)8-15/h9-11,22H,3-8H2,1-2H3,(H2,17,18,19,21)/t9-,10+,11+,15?,16?/m0/s1. The van der Waals surface area contributed by atoms with Crippen LogP contribution in [0.3, 0.4) is 0 Å². The number of aliphatic hydroxyl groups is 1. The Labute approximate surface area is 135 Å². The van der Waals surface area contributed by atoms with E-state index in [4.69, 9.17) is 4.74 Å². The Kier molecular flexibility index (Phi) is 3.86. The average molecular weight is 324 g/mol. The number of carbonyl (C=O) groups excluding carboxylic acids is 3. The van der Waals surface area contributed by atoms with Crippen LogP contribution in [0, 0.1) is 17.3 Å². The molecule has 0 aromatic rings. The summed E-state index contributed by atoms with van der Waals surface area (Å²) in [6.45, 7) is 1.45. The number of urea groups is 1. The van der Waals surface area contributed by atoms with Gasteiger partial charge in [0.2, 0.25) is 0 Å². The molecule has 0 saturated heterocycles. The van der Waals surface area contributed by atoms with Crippen LogP contribution in [0.1, 0.15) is 45.4 Å². The Balaban J connectivity index is 1.66. The monoisotopic (exact) mass is 324 g/mol. The number of ether oxygens (including phenoxy) is 1. The molecule has 4 fully saturated rings. The minimum Gasteiger partial charge on any atom is -0.452 e. The first kappa shape index (κ1) is 16.2. The zero-order chi connectivity index (χ0) is 16.8. The molecule has 23 heavy (non-hydrogen) atoms. The van der Waals surface area contributed by atoms with E-state index in [0.29, 0.717) is 18.3 Å². The van der Waals surface area contributed by atoms with Crippen LogP contribution < -0.4 is 10.6 Å². The van der Waals surface area contributed by atoms with Crippen molar-refractivity contribution in [3.63, 3.8) is 0 Å². The van der Waals surface area contributed by atoms with Gasteiger partial charge in [0.1, 0.15) is 0 Å². The summed E-state index contributed by atoms with van der Waals surface area (Å²) < 4.78 is 5.35. The second-order valence-corrected chi connectivity index (χ2v) is 7.58. The number of carbonyl (C=O) groups is 3. The number of amides is 3. The number of rotatable bonds is 3. The van der Waals surface area contributed by atoms with Gasteiger partial charge in [0.05, 0.1) is 11.0 Å². The first-order chi connectivity index (χ1) is 10.8. The summed E-state index contributed by atoms with van der Waals surface area (Å²) in [7, 11) is 1.40. The molecule has 4 bridgehead atoms. The largest absolute Gasteiger partial charge is 0.452 e. The lowest BCUT2D eigenvalue weighted by atomic mass is 9.48. The van der Waals surface area contributed by atoms with Crippen LogP contribution in [0.2, 0.25) is 0 Å². The van der Waals surface area contributed by atoms with Crippen molar-refractivity contribution in [3.8, 4) is 0 Å². The molecule has 128 valence electrons. The Morgan fingerprint density at radius 3 is 2.30 bits per heavy atom. The van der Waals surface area contributed by atoms with Gasteiger partial charge in [-0.1, -0.05) is 0 Å². The Morgan fingerprint density at radius 1 is 1.17 bits per heavy atom. The second kappa shape index (κ2) is 5.47. The van der Waals surface area contributed by atoms with Crippen LogP contribution in [-0.4, -0.2) is 41.8 Å². The zero-order valence-corrected chi connectivity index (χ0v) is 13.6. The van der Waals surface area contributed by atoms with Crippen LogP contribution >= 0.6 is 0 Å². The van der Waals surface area contributed by atoms with Crippen molar-refractivity contribution < 1.29 is 24.2 Å². The van der Waals surface area contributed by atoms with E-state index >= 15 is 0 Å². The third kappa shape index (κ3) is 2.94. The highest BCUT2D eigenvalue weighted by molar-refractivity contribution is 5.97. The van der Waals surface area contributed by atoms with Crippen LogP contribution in [0.4, 0.5) is 4.79 Å². The SMILES string of the molecule is CNC(=O)NC(=O)[C@H](C)OC(=O)C12C[C@H]3C[C@@H](CC(O)(C3)C1)C2. The predicted molar refractivity (Wildman–Crippen MR) is 80.2 cm³/mol. The van der Waals surface area contributed by atoms with Crippen LogP contribution in [0.25, 0.3) is 0 Å². The van der Waals surface area contributed by atoms with Gasteiger partial charge >= 0.3 is 12.0 Å². The fourth-order valence-corrected chi connectivity index (χ4v) is 5.07. The maximum Gasteiger partial charge on any atom is 0.321 e. The molecule has 0 heterocycles. The van der Waals surface area contributed by atoms with Crippen LogP contribution in [0.5, 0.6) is 0 Å². The minimum absolute atomic E-state index is 0.365. The van der Waals surface area contributed by atoms with Crippen LogP contribution in [-0.2, 0) is 14.3 Å². The van der Waals surface area contributed by atoms with E-state index in [1.807, 2.05) is 0 Å². The summed E-state index contributed by atoms with van der Waals surface area (Å²) in [5.41, 5.74) is -1.42. The maximum absolute atomic E-state index is 12.7. The molecule has 0 aromatic heterocycles. The van der Waals surface area contributed by atoms with Gasteiger partial charge in [-0.3, -0.25) is 14.9 Å². The maximum atomic E-state index is 12.7. The lowest BCUT2D eigenvalue weighted by molar-refractivity contribution is -0.199. The average Bonchev–Trinajstić information content (AvgIpc) is 2.44. The van der Waals surface area contributed by atoms with E-state index in [0.717, 1.165) is 32.1 Å². The van der Waals surface area contributed by atoms with Crippen molar-refractivity contribution in [3.05, 3.63) is 0 Å². The molecule has 4 saturated carbocycles. The van der Waals surface area contributed by atoms with Gasteiger partial charge in [0.15, 0.2) is 6.10 Å². The van der Waals surface area contributed by atoms with Gasteiger partial charge in [-0.15, -0.1) is 0 Å². The third-order valence-electron chi connectivity index (χ3n) is 5.58. The van der Waals surface area contributed by atoms with Crippen molar-refractivity contribution in [2.24, 2.45) is 17.3 Å². The van der Waals surface area contributed by atoms with Gasteiger partial charge < -0.3 is 15.2 Å². The molecule has 7 nitrogen and oxygen atoms in total. The Bertz CT molecular complexity index is 533. The predicted octanol–water partition coefficient (Wildman–Crippen LogP) is 0.705. The van der Waals surface area contributed by atoms with E-state index in [9.17, 15) is 19.5 Å². The molecule has 4 aliphatic carbocycles. The molecule has 0 unspecified atom stereocenters. The highest BCUT2D eigenvalue weighted by Gasteiger charge is 2.61. The summed E-state index contributed by atoms with van der Waals surface area (Å²) in [6.07, 6.45) is 3.46. The Hall–Kier alpha value is -1.63. The van der Waals surface area contributed by atoms with Crippen molar-refractivity contribution in [1.29, 1.82) is 0 Å². The summed E-state index contributed by atoms with van der Waals surface area (Å²) in [6, 6.07) is -0.637. The lowest BCUT2D eigenvalue weighted by Crippen LogP contribution is -2.59. The topological polar surface area (TPSA) is 105 Å². The highest BCUT2D eigenvalue weighted by atomic mass is 16.5. The zero-order valence-electron chi connectivity index (χ0n) is 13.6. The molecule has 3 atom stereocenters. The molecule has 3 N–H and O–H groups in total. The molecule has 0 spiro atoms. The molecule has 4 rings (SSSR count). The highest BCUT2D eigenvalue weighted by Crippen LogP contribution is 2.62. The van der Waals surface area contributed by atoms with Crippen molar-refractivity contribution >= 4 is 17.9 Å². The summed E-state index contributed by atoms with van der Waals surface area (Å²) >= 11 is 0. The van der Waals surface area contributed by atoms with E-state index in [-0.39, 0.29) is 0 Å². The summed E-state index contributed by atoms with van der Waals surface area (Å²) in [4.78, 5) is 35.7.